The van der Waals surface area contributed by atoms with Gasteiger partial charge in [0.1, 0.15) is 17.9 Å². The molecule has 0 radical (unpaired) electrons. The number of halogens is 1. The average molecular weight is 226 g/mol. The number of nitrogens with zero attached hydrogens (tertiary/aromatic N) is 1. The number of hydrogen-bond acceptors (Lipinski definition) is 3. The van der Waals surface area contributed by atoms with Gasteiger partial charge in [0.25, 0.3) is 0 Å². The number of nitrogens with two attached hydrogens (primary N) is 1. The van der Waals surface area contributed by atoms with Crippen LogP contribution in [0.3, 0.4) is 0 Å². The normalized spacial score (nSPS) is 11.1. The maximum absolute atomic E-state index is 5.99. The first-order valence-electron chi connectivity index (χ1n) is 4.72. The third kappa shape index (κ3) is 2.28. The van der Waals surface area contributed by atoms with Crippen molar-refractivity contribution in [3.05, 3.63) is 29.0 Å². The monoisotopic (exact) mass is 225 g/mol. The maximum Gasteiger partial charge on any atom is 0.133 e. The predicted molar refractivity (Wildman–Crippen MR) is 59.8 cm³/mol. The van der Waals surface area contributed by atoms with Crippen LogP contribution in [0.25, 0.3) is 11.0 Å². The van der Waals surface area contributed by atoms with Gasteiger partial charge in [0.15, 0.2) is 0 Å². The van der Waals surface area contributed by atoms with Crippen molar-refractivity contribution in [3.8, 4) is 0 Å². The molecule has 2 aromatic rings. The number of aromatic amines is 1. The lowest BCUT2D eigenvalue weighted by Crippen LogP contribution is -2.08. The van der Waals surface area contributed by atoms with Gasteiger partial charge in [-0.05, 0) is 12.1 Å². The molecule has 1 aromatic carbocycles. The fraction of sp³-hybridized carbons (Fsp3) is 0.300. The molecular weight excluding hydrogens is 214 g/mol. The minimum atomic E-state index is 0.433. The zero-order chi connectivity index (χ0) is 10.7. The Bertz CT molecular complexity index is 455. The summed E-state index contributed by atoms with van der Waals surface area (Å²) in [6.45, 7) is 1.48. The van der Waals surface area contributed by atoms with Crippen LogP contribution in [0.5, 0.6) is 0 Å². The lowest BCUT2D eigenvalue weighted by atomic mass is 10.3. The fourth-order valence-electron chi connectivity index (χ4n) is 1.37. The van der Waals surface area contributed by atoms with Gasteiger partial charge in [0, 0.05) is 6.54 Å². The van der Waals surface area contributed by atoms with Crippen LogP contribution in [0.15, 0.2) is 18.2 Å². The summed E-state index contributed by atoms with van der Waals surface area (Å²) in [6.07, 6.45) is 0. The average Bonchev–Trinajstić information content (AvgIpc) is 2.63. The van der Waals surface area contributed by atoms with Crippen LogP contribution in [0.4, 0.5) is 0 Å². The van der Waals surface area contributed by atoms with E-state index in [9.17, 15) is 0 Å². The molecule has 0 aliphatic rings. The van der Waals surface area contributed by atoms with Gasteiger partial charge in [0.05, 0.1) is 17.1 Å². The highest BCUT2D eigenvalue weighted by molar-refractivity contribution is 6.34. The SMILES string of the molecule is NCCOCc1nc2c(Cl)cccc2[nH]1. The zero-order valence-corrected chi connectivity index (χ0v) is 8.92. The molecule has 0 amide bonds. The van der Waals surface area contributed by atoms with Crippen LogP contribution in [0, 0.1) is 0 Å². The molecule has 0 unspecified atom stereocenters. The van der Waals surface area contributed by atoms with Crippen molar-refractivity contribution >= 4 is 22.6 Å². The van der Waals surface area contributed by atoms with Crippen LogP contribution < -0.4 is 5.73 Å². The molecule has 0 fully saturated rings. The molecule has 0 atom stereocenters. The van der Waals surface area contributed by atoms with Gasteiger partial charge in [-0.15, -0.1) is 0 Å². The number of ether oxygens (including phenoxy) is 1. The summed E-state index contributed by atoms with van der Waals surface area (Å²) in [4.78, 5) is 7.46. The molecule has 0 spiro atoms. The van der Waals surface area contributed by atoms with E-state index in [1.54, 1.807) is 0 Å². The molecule has 0 aliphatic carbocycles. The number of para-hydroxylation sites is 1. The Kier molecular flexibility index (Phi) is 3.20. The first kappa shape index (κ1) is 10.4. The lowest BCUT2D eigenvalue weighted by molar-refractivity contribution is 0.123. The topological polar surface area (TPSA) is 63.9 Å². The van der Waals surface area contributed by atoms with Gasteiger partial charge in [0.2, 0.25) is 0 Å². The van der Waals surface area contributed by atoms with Crippen LogP contribution in [-0.4, -0.2) is 23.1 Å². The minimum Gasteiger partial charge on any atom is -0.372 e. The summed E-state index contributed by atoms with van der Waals surface area (Å²) < 4.78 is 5.28. The Morgan fingerprint density at radius 2 is 2.33 bits per heavy atom. The van der Waals surface area contributed by atoms with Crippen molar-refractivity contribution in [2.45, 2.75) is 6.61 Å². The molecule has 2 rings (SSSR count). The number of benzene rings is 1. The Morgan fingerprint density at radius 3 is 3.07 bits per heavy atom. The van der Waals surface area contributed by atoms with E-state index in [1.807, 2.05) is 18.2 Å². The third-order valence-corrected chi connectivity index (χ3v) is 2.32. The first-order valence-corrected chi connectivity index (χ1v) is 5.10. The van der Waals surface area contributed by atoms with Gasteiger partial charge in [-0.2, -0.15) is 0 Å². The van der Waals surface area contributed by atoms with E-state index < -0.39 is 0 Å². The quantitative estimate of drug-likeness (QED) is 0.779. The molecular formula is C10H12ClN3O. The van der Waals surface area contributed by atoms with E-state index in [4.69, 9.17) is 22.1 Å². The van der Waals surface area contributed by atoms with E-state index in [1.165, 1.54) is 0 Å². The second kappa shape index (κ2) is 4.61. The molecule has 80 valence electrons. The van der Waals surface area contributed by atoms with E-state index >= 15 is 0 Å². The van der Waals surface area contributed by atoms with Gasteiger partial charge < -0.3 is 15.5 Å². The van der Waals surface area contributed by atoms with E-state index in [0.29, 0.717) is 24.8 Å². The largest absolute Gasteiger partial charge is 0.372 e. The lowest BCUT2D eigenvalue weighted by Gasteiger charge is -1.97. The smallest absolute Gasteiger partial charge is 0.133 e. The third-order valence-electron chi connectivity index (χ3n) is 2.01. The summed E-state index contributed by atoms with van der Waals surface area (Å²) in [5.74, 6) is 0.770. The molecule has 0 saturated carbocycles. The molecule has 0 bridgehead atoms. The van der Waals surface area contributed by atoms with Gasteiger partial charge >= 0.3 is 0 Å². The van der Waals surface area contributed by atoms with Gasteiger partial charge in [-0.1, -0.05) is 17.7 Å². The summed E-state index contributed by atoms with van der Waals surface area (Å²) in [5.41, 5.74) is 7.02. The molecule has 3 N–H and O–H groups in total. The Hall–Kier alpha value is -1.10. The van der Waals surface area contributed by atoms with Crippen molar-refractivity contribution in [2.24, 2.45) is 5.73 Å². The van der Waals surface area contributed by atoms with Crippen LogP contribution in [0.1, 0.15) is 5.82 Å². The molecule has 1 heterocycles. The van der Waals surface area contributed by atoms with Crippen molar-refractivity contribution in [2.75, 3.05) is 13.2 Å². The number of imidazole rings is 1. The number of aromatic nitrogens is 2. The highest BCUT2D eigenvalue weighted by Gasteiger charge is 2.05. The fourth-order valence-corrected chi connectivity index (χ4v) is 1.59. The first-order chi connectivity index (χ1) is 7.31. The van der Waals surface area contributed by atoms with Crippen molar-refractivity contribution in [3.63, 3.8) is 0 Å². The molecule has 15 heavy (non-hydrogen) atoms. The second-order valence-electron chi connectivity index (χ2n) is 3.16. The summed E-state index contributed by atoms with van der Waals surface area (Å²) in [7, 11) is 0. The van der Waals surface area contributed by atoms with E-state index in [0.717, 1.165) is 16.9 Å². The summed E-state index contributed by atoms with van der Waals surface area (Å²) in [5, 5.41) is 0.647. The Labute approximate surface area is 92.4 Å². The maximum atomic E-state index is 5.99. The van der Waals surface area contributed by atoms with Crippen molar-refractivity contribution < 1.29 is 4.74 Å². The number of hydrogen-bond donors (Lipinski definition) is 2. The number of rotatable bonds is 4. The summed E-state index contributed by atoms with van der Waals surface area (Å²) >= 11 is 5.99. The van der Waals surface area contributed by atoms with Gasteiger partial charge in [-0.3, -0.25) is 0 Å². The standard InChI is InChI=1S/C10H12ClN3O/c11-7-2-1-3-8-10(7)14-9(13-8)6-15-5-4-12/h1-3H,4-6,12H2,(H,13,14). The number of nitrogens with one attached hydrogen (secondary N) is 1. The highest BCUT2D eigenvalue weighted by atomic mass is 35.5. The number of fused-ring (bicyclic) bond motifs is 1. The van der Waals surface area contributed by atoms with Gasteiger partial charge in [-0.25, -0.2) is 4.98 Å². The van der Waals surface area contributed by atoms with Crippen LogP contribution >= 0.6 is 11.6 Å². The van der Waals surface area contributed by atoms with E-state index in [-0.39, 0.29) is 0 Å². The highest BCUT2D eigenvalue weighted by Crippen LogP contribution is 2.20. The molecule has 5 heteroatoms. The predicted octanol–water partition coefficient (Wildman–Crippen LogP) is 1.69. The van der Waals surface area contributed by atoms with Crippen molar-refractivity contribution in [1.29, 1.82) is 0 Å². The minimum absolute atomic E-state index is 0.433. The zero-order valence-electron chi connectivity index (χ0n) is 8.16. The number of H-pyrrole nitrogens is 1. The summed E-state index contributed by atoms with van der Waals surface area (Å²) in [6, 6.07) is 5.63. The second-order valence-corrected chi connectivity index (χ2v) is 3.57. The Balaban J connectivity index is 2.20. The van der Waals surface area contributed by atoms with E-state index in [2.05, 4.69) is 9.97 Å². The Morgan fingerprint density at radius 1 is 1.47 bits per heavy atom. The van der Waals surface area contributed by atoms with Crippen LogP contribution in [-0.2, 0) is 11.3 Å². The molecule has 4 nitrogen and oxygen atoms in total. The molecule has 1 aromatic heterocycles. The molecule has 0 saturated heterocycles. The van der Waals surface area contributed by atoms with Crippen molar-refractivity contribution in [1.82, 2.24) is 9.97 Å². The molecule has 0 aliphatic heterocycles. The van der Waals surface area contributed by atoms with Crippen LogP contribution in [0.2, 0.25) is 5.02 Å².